The first kappa shape index (κ1) is 22.8. The average Bonchev–Trinajstić information content (AvgIpc) is 3.23. The third kappa shape index (κ3) is 4.20. The minimum absolute atomic E-state index is 0.00985. The number of nitrogens with zero attached hydrogens (tertiary/aromatic N) is 3. The van der Waals surface area contributed by atoms with Gasteiger partial charge in [0.05, 0.1) is 32.1 Å². The molecule has 4 rings (SSSR count). The lowest BCUT2D eigenvalue weighted by molar-refractivity contribution is -0.142. The van der Waals surface area contributed by atoms with E-state index in [0.717, 1.165) is 6.42 Å². The minimum atomic E-state index is -4.53. The Balaban J connectivity index is 1.73. The summed E-state index contributed by atoms with van der Waals surface area (Å²) in [7, 11) is 2.39. The summed E-state index contributed by atoms with van der Waals surface area (Å²) in [5, 5.41) is 3.89. The number of halogens is 3. The molecule has 1 aromatic heterocycles. The highest BCUT2D eigenvalue weighted by Crippen LogP contribution is 2.37. The lowest BCUT2D eigenvalue weighted by atomic mass is 9.95. The molecule has 0 unspecified atom stereocenters. The second-order valence-electron chi connectivity index (χ2n) is 7.62. The molecule has 0 fully saturated rings. The number of anilines is 1. The van der Waals surface area contributed by atoms with Crippen molar-refractivity contribution in [1.82, 2.24) is 9.78 Å². The maximum atomic E-state index is 13.5. The van der Waals surface area contributed by atoms with Crippen molar-refractivity contribution < 1.29 is 37.0 Å². The first-order chi connectivity index (χ1) is 15.8. The first-order valence-corrected chi connectivity index (χ1v) is 10.3. The van der Waals surface area contributed by atoms with Crippen LogP contribution in [0.15, 0.2) is 35.5 Å². The Morgan fingerprint density at radius 3 is 2.27 bits per heavy atom. The summed E-state index contributed by atoms with van der Waals surface area (Å²) in [5.74, 6) is -1.46. The van der Waals surface area contributed by atoms with E-state index in [2.05, 4.69) is 5.10 Å². The Morgan fingerprint density at radius 1 is 1.00 bits per heavy atom. The first-order valence-electron chi connectivity index (χ1n) is 10.3. The van der Waals surface area contributed by atoms with Crippen LogP contribution < -0.4 is 4.90 Å². The predicted octanol–water partition coefficient (Wildman–Crippen LogP) is 3.16. The standard InChI is InChI=1S/C22H22F3N3O5/c1-31-20(29)16-11-33-12-27(18(16)21(30)32-2)13-7-9-14(10-8-13)28-17-6-4-3-5-15(17)19(26-28)22(23,24)25/h7-10H,3-6,11-12H2,1-2H3. The molecule has 11 heteroatoms. The van der Waals surface area contributed by atoms with E-state index in [0.29, 0.717) is 36.3 Å². The van der Waals surface area contributed by atoms with Crippen LogP contribution in [-0.4, -0.2) is 49.3 Å². The van der Waals surface area contributed by atoms with Crippen molar-refractivity contribution in [1.29, 1.82) is 0 Å². The van der Waals surface area contributed by atoms with Gasteiger partial charge in [-0.25, -0.2) is 14.3 Å². The number of rotatable bonds is 4. The summed E-state index contributed by atoms with van der Waals surface area (Å²) in [6.07, 6.45) is -2.18. The maximum Gasteiger partial charge on any atom is 0.435 e. The van der Waals surface area contributed by atoms with Crippen LogP contribution in [0, 0.1) is 0 Å². The van der Waals surface area contributed by atoms with Gasteiger partial charge in [-0.15, -0.1) is 0 Å². The summed E-state index contributed by atoms with van der Waals surface area (Å²) in [6, 6.07) is 6.45. The molecule has 2 aliphatic rings. The second-order valence-corrected chi connectivity index (χ2v) is 7.62. The minimum Gasteiger partial charge on any atom is -0.466 e. The quantitative estimate of drug-likeness (QED) is 0.642. The van der Waals surface area contributed by atoms with E-state index in [1.54, 1.807) is 24.3 Å². The van der Waals surface area contributed by atoms with Gasteiger partial charge in [0.25, 0.3) is 0 Å². The van der Waals surface area contributed by atoms with Gasteiger partial charge >= 0.3 is 18.1 Å². The second kappa shape index (κ2) is 8.89. The van der Waals surface area contributed by atoms with E-state index in [1.807, 2.05) is 0 Å². The van der Waals surface area contributed by atoms with Crippen LogP contribution in [0.4, 0.5) is 18.9 Å². The molecule has 0 amide bonds. The van der Waals surface area contributed by atoms with Crippen LogP contribution in [0.25, 0.3) is 5.69 Å². The normalized spacial score (nSPS) is 16.5. The zero-order chi connectivity index (χ0) is 23.8. The number of alkyl halides is 3. The molecule has 33 heavy (non-hydrogen) atoms. The number of aromatic nitrogens is 2. The lowest BCUT2D eigenvalue weighted by Crippen LogP contribution is -2.38. The van der Waals surface area contributed by atoms with Crippen LogP contribution in [0.1, 0.15) is 29.8 Å². The van der Waals surface area contributed by atoms with Crippen molar-refractivity contribution in [3.05, 3.63) is 52.5 Å². The van der Waals surface area contributed by atoms with Gasteiger partial charge in [-0.1, -0.05) is 0 Å². The highest BCUT2D eigenvalue weighted by Gasteiger charge is 2.40. The summed E-state index contributed by atoms with van der Waals surface area (Å²) in [6.45, 7) is -0.148. The SMILES string of the molecule is COC(=O)C1=C(C(=O)OC)N(c2ccc(-n3nc(C(F)(F)F)c4c3CCCC4)cc2)COC1. The highest BCUT2D eigenvalue weighted by atomic mass is 19.4. The molecule has 0 saturated carbocycles. The number of benzene rings is 1. The molecule has 176 valence electrons. The molecule has 1 aliphatic heterocycles. The topological polar surface area (TPSA) is 82.9 Å². The molecule has 1 aliphatic carbocycles. The van der Waals surface area contributed by atoms with Crippen molar-refractivity contribution in [2.24, 2.45) is 0 Å². The number of carbonyl (C=O) groups is 2. The lowest BCUT2D eigenvalue weighted by Gasteiger charge is -2.31. The van der Waals surface area contributed by atoms with Crippen molar-refractivity contribution in [3.8, 4) is 5.69 Å². The highest BCUT2D eigenvalue weighted by molar-refractivity contribution is 6.03. The van der Waals surface area contributed by atoms with E-state index in [-0.39, 0.29) is 30.2 Å². The van der Waals surface area contributed by atoms with Crippen molar-refractivity contribution in [3.63, 3.8) is 0 Å². The monoisotopic (exact) mass is 465 g/mol. The number of hydrogen-bond donors (Lipinski definition) is 0. The van der Waals surface area contributed by atoms with Gasteiger partial charge in [0.2, 0.25) is 0 Å². The fraction of sp³-hybridized carbons (Fsp3) is 0.409. The molecule has 0 saturated heterocycles. The van der Waals surface area contributed by atoms with Crippen LogP contribution in [0.2, 0.25) is 0 Å². The molecule has 2 aromatic rings. The van der Waals surface area contributed by atoms with Crippen LogP contribution >= 0.6 is 0 Å². The van der Waals surface area contributed by atoms with Crippen molar-refractivity contribution in [2.45, 2.75) is 31.9 Å². The molecule has 0 bridgehead atoms. The molecule has 2 heterocycles. The van der Waals surface area contributed by atoms with Crippen LogP contribution in [-0.2, 0) is 42.8 Å². The summed E-state index contributed by atoms with van der Waals surface area (Å²) in [4.78, 5) is 26.0. The number of hydrogen-bond acceptors (Lipinski definition) is 7. The maximum absolute atomic E-state index is 13.5. The summed E-state index contributed by atoms with van der Waals surface area (Å²) < 4.78 is 56.9. The number of carbonyl (C=O) groups excluding carboxylic acids is 2. The molecular weight excluding hydrogens is 443 g/mol. The zero-order valence-corrected chi connectivity index (χ0v) is 18.1. The van der Waals surface area contributed by atoms with Gasteiger partial charge in [0, 0.05) is 16.9 Å². The number of esters is 2. The Bertz CT molecular complexity index is 1110. The van der Waals surface area contributed by atoms with E-state index in [1.165, 1.54) is 23.8 Å². The van der Waals surface area contributed by atoms with Gasteiger partial charge in [-0.3, -0.25) is 0 Å². The molecule has 8 nitrogen and oxygen atoms in total. The molecule has 0 N–H and O–H groups in total. The fourth-order valence-electron chi connectivity index (χ4n) is 4.16. The van der Waals surface area contributed by atoms with Crippen LogP contribution in [0.3, 0.4) is 0 Å². The smallest absolute Gasteiger partial charge is 0.435 e. The van der Waals surface area contributed by atoms with Gasteiger partial charge < -0.3 is 19.1 Å². The number of ether oxygens (including phenoxy) is 3. The van der Waals surface area contributed by atoms with E-state index in [4.69, 9.17) is 14.2 Å². The van der Waals surface area contributed by atoms with Gasteiger partial charge in [-0.2, -0.15) is 18.3 Å². The Hall–Kier alpha value is -3.34. The van der Waals surface area contributed by atoms with Crippen molar-refractivity contribution in [2.75, 3.05) is 32.5 Å². The molecule has 0 atom stereocenters. The third-order valence-electron chi connectivity index (χ3n) is 5.69. The summed E-state index contributed by atoms with van der Waals surface area (Å²) >= 11 is 0. The van der Waals surface area contributed by atoms with Gasteiger partial charge in [0.1, 0.15) is 12.4 Å². The van der Waals surface area contributed by atoms with E-state index >= 15 is 0 Å². The Labute approximate surface area is 187 Å². The van der Waals surface area contributed by atoms with Gasteiger partial charge in [0.15, 0.2) is 5.69 Å². The Morgan fingerprint density at radius 2 is 1.64 bits per heavy atom. The number of fused-ring (bicyclic) bond motifs is 1. The average molecular weight is 465 g/mol. The van der Waals surface area contributed by atoms with E-state index in [9.17, 15) is 22.8 Å². The summed E-state index contributed by atoms with van der Waals surface area (Å²) in [5.41, 5.74) is 0.908. The molecular formula is C22H22F3N3O5. The van der Waals surface area contributed by atoms with Gasteiger partial charge in [-0.05, 0) is 49.9 Å². The molecule has 0 spiro atoms. The Kier molecular flexibility index (Phi) is 6.15. The van der Waals surface area contributed by atoms with E-state index < -0.39 is 23.8 Å². The fourth-order valence-corrected chi connectivity index (χ4v) is 4.16. The third-order valence-corrected chi connectivity index (χ3v) is 5.69. The largest absolute Gasteiger partial charge is 0.466 e. The predicted molar refractivity (Wildman–Crippen MR) is 110 cm³/mol. The van der Waals surface area contributed by atoms with Crippen LogP contribution in [0.5, 0.6) is 0 Å². The number of methoxy groups -OCH3 is 2. The zero-order valence-electron chi connectivity index (χ0n) is 18.1. The van der Waals surface area contributed by atoms with Crippen molar-refractivity contribution >= 4 is 17.6 Å². The molecule has 1 aromatic carbocycles. The molecule has 0 radical (unpaired) electrons.